The maximum absolute atomic E-state index is 13.0. The Morgan fingerprint density at radius 3 is 2.64 bits per heavy atom. The van der Waals surface area contributed by atoms with Crippen molar-refractivity contribution in [2.75, 3.05) is 5.32 Å². The number of para-hydroxylation sites is 1. The first kappa shape index (κ1) is 19.8. The van der Waals surface area contributed by atoms with Gasteiger partial charge in [-0.25, -0.2) is 9.78 Å². The molecule has 0 unspecified atom stereocenters. The summed E-state index contributed by atoms with van der Waals surface area (Å²) in [6, 6.07) is 10.9. The highest BCUT2D eigenvalue weighted by atomic mass is 35.5. The number of anilines is 1. The first-order valence-electron chi connectivity index (χ1n) is 8.17. The van der Waals surface area contributed by atoms with Crippen molar-refractivity contribution in [3.63, 3.8) is 0 Å². The van der Waals surface area contributed by atoms with Gasteiger partial charge >= 0.3 is 12.2 Å². The zero-order chi connectivity index (χ0) is 20.3. The molecule has 0 spiro atoms. The van der Waals surface area contributed by atoms with E-state index in [0.29, 0.717) is 27.9 Å². The number of nitrogens with one attached hydrogen (secondary N) is 2. The van der Waals surface area contributed by atoms with Gasteiger partial charge in [0.1, 0.15) is 11.5 Å². The monoisotopic (exact) mass is 409 g/mol. The lowest BCUT2D eigenvalue weighted by molar-refractivity contribution is -0.136. The highest BCUT2D eigenvalue weighted by molar-refractivity contribution is 6.30. The van der Waals surface area contributed by atoms with Crippen LogP contribution in [0.5, 0.6) is 0 Å². The lowest BCUT2D eigenvalue weighted by Crippen LogP contribution is -2.29. The first-order chi connectivity index (χ1) is 13.2. The van der Waals surface area contributed by atoms with Crippen LogP contribution in [0, 0.1) is 6.92 Å². The van der Waals surface area contributed by atoms with Crippen LogP contribution in [0.4, 0.5) is 23.7 Å². The maximum atomic E-state index is 13.0. The van der Waals surface area contributed by atoms with Crippen LogP contribution < -0.4 is 10.6 Å². The van der Waals surface area contributed by atoms with Gasteiger partial charge in [-0.1, -0.05) is 29.8 Å². The summed E-state index contributed by atoms with van der Waals surface area (Å²) in [5, 5.41) is 5.21. The predicted octanol–water partition coefficient (Wildman–Crippen LogP) is 5.64. The molecule has 0 aliphatic carbocycles. The Labute approximate surface area is 163 Å². The van der Waals surface area contributed by atoms with Gasteiger partial charge in [0.2, 0.25) is 5.89 Å². The van der Waals surface area contributed by atoms with Crippen LogP contribution in [0.3, 0.4) is 0 Å². The van der Waals surface area contributed by atoms with Crippen molar-refractivity contribution in [2.24, 2.45) is 0 Å². The quantitative estimate of drug-likeness (QED) is 0.585. The molecule has 1 heterocycles. The molecule has 0 bridgehead atoms. The standard InChI is InChI=1S/C19H15ClF3N3O2/c1-11-16(25-17(28-11)12-5-4-6-13(20)9-12)10-24-18(27)26-15-8-3-2-7-14(15)19(21,22)23/h2-9H,10H2,1H3,(H2,24,26,27). The molecule has 3 aromatic rings. The molecule has 28 heavy (non-hydrogen) atoms. The zero-order valence-electron chi connectivity index (χ0n) is 14.6. The van der Waals surface area contributed by atoms with Crippen molar-refractivity contribution in [2.45, 2.75) is 19.6 Å². The van der Waals surface area contributed by atoms with Crippen LogP contribution in [-0.2, 0) is 12.7 Å². The third-order valence-corrected chi connectivity index (χ3v) is 4.10. The second kappa shape index (κ2) is 7.93. The van der Waals surface area contributed by atoms with Gasteiger partial charge in [-0.2, -0.15) is 13.2 Å². The minimum Gasteiger partial charge on any atom is -0.441 e. The van der Waals surface area contributed by atoms with E-state index in [2.05, 4.69) is 15.6 Å². The molecule has 0 aliphatic rings. The molecule has 2 N–H and O–H groups in total. The van der Waals surface area contributed by atoms with Gasteiger partial charge in [0.05, 0.1) is 17.8 Å². The summed E-state index contributed by atoms with van der Waals surface area (Å²) >= 11 is 5.95. The summed E-state index contributed by atoms with van der Waals surface area (Å²) in [5.41, 5.74) is -0.130. The van der Waals surface area contributed by atoms with Gasteiger partial charge in [0, 0.05) is 10.6 Å². The SMILES string of the molecule is Cc1oc(-c2cccc(Cl)c2)nc1CNC(=O)Nc1ccccc1C(F)(F)F. The van der Waals surface area contributed by atoms with Crippen LogP contribution >= 0.6 is 11.6 Å². The molecule has 146 valence electrons. The third kappa shape index (κ3) is 4.64. The number of halogens is 4. The topological polar surface area (TPSA) is 67.2 Å². The van der Waals surface area contributed by atoms with E-state index in [1.165, 1.54) is 18.2 Å². The van der Waals surface area contributed by atoms with E-state index < -0.39 is 17.8 Å². The number of oxazole rings is 1. The third-order valence-electron chi connectivity index (χ3n) is 3.86. The number of alkyl halides is 3. The first-order valence-corrected chi connectivity index (χ1v) is 8.55. The van der Waals surface area contributed by atoms with Crippen LogP contribution in [0.1, 0.15) is 17.0 Å². The molecule has 1 aromatic heterocycles. The van der Waals surface area contributed by atoms with Gasteiger partial charge in [0.15, 0.2) is 0 Å². The van der Waals surface area contributed by atoms with Crippen molar-refractivity contribution in [3.05, 3.63) is 70.6 Å². The number of hydrogen-bond acceptors (Lipinski definition) is 3. The molecule has 0 saturated carbocycles. The van der Waals surface area contributed by atoms with Gasteiger partial charge in [-0.15, -0.1) is 0 Å². The molecular weight excluding hydrogens is 395 g/mol. The van der Waals surface area contributed by atoms with Gasteiger partial charge < -0.3 is 15.1 Å². The summed E-state index contributed by atoms with van der Waals surface area (Å²) < 4.78 is 44.6. The number of amides is 2. The Morgan fingerprint density at radius 1 is 1.18 bits per heavy atom. The molecule has 0 radical (unpaired) electrons. The second-order valence-corrected chi connectivity index (χ2v) is 6.32. The Hall–Kier alpha value is -3.00. The van der Waals surface area contributed by atoms with Crippen LogP contribution in [0.25, 0.3) is 11.5 Å². The van der Waals surface area contributed by atoms with E-state index in [9.17, 15) is 18.0 Å². The van der Waals surface area contributed by atoms with Crippen LogP contribution in [0.2, 0.25) is 5.02 Å². The predicted molar refractivity (Wildman–Crippen MR) is 99.0 cm³/mol. The lowest BCUT2D eigenvalue weighted by Gasteiger charge is -2.13. The maximum Gasteiger partial charge on any atom is 0.418 e. The molecule has 3 rings (SSSR count). The number of urea groups is 1. The van der Waals surface area contributed by atoms with Gasteiger partial charge in [-0.05, 0) is 37.3 Å². The minimum atomic E-state index is -4.57. The van der Waals surface area contributed by atoms with Crippen molar-refractivity contribution >= 4 is 23.3 Å². The summed E-state index contributed by atoms with van der Waals surface area (Å²) in [6.45, 7) is 1.66. The van der Waals surface area contributed by atoms with E-state index in [1.54, 1.807) is 31.2 Å². The number of aryl methyl sites for hydroxylation is 1. The van der Waals surface area contributed by atoms with Gasteiger partial charge in [0.25, 0.3) is 0 Å². The smallest absolute Gasteiger partial charge is 0.418 e. The van der Waals surface area contributed by atoms with E-state index in [0.717, 1.165) is 6.07 Å². The van der Waals surface area contributed by atoms with Crippen molar-refractivity contribution < 1.29 is 22.4 Å². The lowest BCUT2D eigenvalue weighted by atomic mass is 10.1. The van der Waals surface area contributed by atoms with E-state index in [-0.39, 0.29) is 12.2 Å². The van der Waals surface area contributed by atoms with Crippen LogP contribution in [0.15, 0.2) is 52.9 Å². The summed E-state index contributed by atoms with van der Waals surface area (Å²) in [5.74, 6) is 0.811. The molecule has 0 saturated heterocycles. The minimum absolute atomic E-state index is 0.0179. The number of aromatic nitrogens is 1. The average Bonchev–Trinajstić information content (AvgIpc) is 3.00. The molecule has 5 nitrogen and oxygen atoms in total. The number of carbonyl (C=O) groups excluding carboxylic acids is 1. The number of hydrogen-bond donors (Lipinski definition) is 2. The van der Waals surface area contributed by atoms with Crippen molar-refractivity contribution in [3.8, 4) is 11.5 Å². The molecule has 2 amide bonds. The Morgan fingerprint density at radius 2 is 1.93 bits per heavy atom. The van der Waals surface area contributed by atoms with Crippen molar-refractivity contribution in [1.82, 2.24) is 10.3 Å². The summed E-state index contributed by atoms with van der Waals surface area (Å²) in [6.07, 6.45) is -4.57. The molecule has 0 fully saturated rings. The second-order valence-electron chi connectivity index (χ2n) is 5.88. The number of benzene rings is 2. The number of carbonyl (C=O) groups is 1. The number of nitrogens with zero attached hydrogens (tertiary/aromatic N) is 1. The van der Waals surface area contributed by atoms with E-state index >= 15 is 0 Å². The Balaban J connectivity index is 1.68. The molecule has 2 aromatic carbocycles. The highest BCUT2D eigenvalue weighted by Crippen LogP contribution is 2.34. The highest BCUT2D eigenvalue weighted by Gasteiger charge is 2.33. The fraction of sp³-hybridized carbons (Fsp3) is 0.158. The fourth-order valence-electron chi connectivity index (χ4n) is 2.51. The molecule has 0 atom stereocenters. The number of rotatable bonds is 4. The Kier molecular flexibility index (Phi) is 5.60. The zero-order valence-corrected chi connectivity index (χ0v) is 15.4. The van der Waals surface area contributed by atoms with E-state index in [4.69, 9.17) is 16.0 Å². The average molecular weight is 410 g/mol. The largest absolute Gasteiger partial charge is 0.441 e. The summed E-state index contributed by atoms with van der Waals surface area (Å²) in [7, 11) is 0. The summed E-state index contributed by atoms with van der Waals surface area (Å²) in [4.78, 5) is 16.3. The van der Waals surface area contributed by atoms with Crippen molar-refractivity contribution in [1.29, 1.82) is 0 Å². The molecule has 0 aliphatic heterocycles. The normalized spacial score (nSPS) is 11.3. The Bertz CT molecular complexity index is 1000. The molecule has 9 heteroatoms. The van der Waals surface area contributed by atoms with Crippen LogP contribution in [-0.4, -0.2) is 11.0 Å². The molecular formula is C19H15ClF3N3O2. The van der Waals surface area contributed by atoms with E-state index in [1.807, 2.05) is 0 Å². The fourth-order valence-corrected chi connectivity index (χ4v) is 2.70. The van der Waals surface area contributed by atoms with Gasteiger partial charge in [-0.3, -0.25) is 0 Å².